The molecule has 0 aliphatic carbocycles. The maximum atomic E-state index is 13.5. The van der Waals surface area contributed by atoms with E-state index in [-0.39, 0.29) is 30.9 Å². The molecule has 0 radical (unpaired) electrons. The Bertz CT molecular complexity index is 1150. The van der Waals surface area contributed by atoms with Crippen LogP contribution in [0.15, 0.2) is 42.5 Å². The lowest BCUT2D eigenvalue weighted by molar-refractivity contribution is -0.139. The van der Waals surface area contributed by atoms with Crippen molar-refractivity contribution in [1.82, 2.24) is 4.57 Å². The second-order valence-corrected chi connectivity index (χ2v) is 8.30. The summed E-state index contributed by atoms with van der Waals surface area (Å²) in [5.41, 5.74) is 1.50. The van der Waals surface area contributed by atoms with Crippen LogP contribution in [-0.2, 0) is 24.0 Å². The molecule has 0 spiro atoms. The third kappa shape index (κ3) is 4.54. The lowest BCUT2D eigenvalue weighted by Gasteiger charge is -2.17. The van der Waals surface area contributed by atoms with Crippen LogP contribution in [0.5, 0.6) is 11.5 Å². The van der Waals surface area contributed by atoms with Gasteiger partial charge >= 0.3 is 12.1 Å². The zero-order valence-electron chi connectivity index (χ0n) is 17.8. The summed E-state index contributed by atoms with van der Waals surface area (Å²) >= 11 is 0. The highest BCUT2D eigenvalue weighted by atomic mass is 19.4. The van der Waals surface area contributed by atoms with Crippen molar-refractivity contribution in [2.45, 2.75) is 58.0 Å². The Labute approximate surface area is 183 Å². The molecule has 170 valence electrons. The summed E-state index contributed by atoms with van der Waals surface area (Å²) in [6, 6.07) is 11.3. The van der Waals surface area contributed by atoms with Gasteiger partial charge in [0, 0.05) is 23.2 Å². The second-order valence-electron chi connectivity index (χ2n) is 8.30. The number of fused-ring (bicyclic) bond motifs is 3. The van der Waals surface area contributed by atoms with Crippen LogP contribution in [0.25, 0.3) is 10.9 Å². The molecule has 1 aromatic heterocycles. The van der Waals surface area contributed by atoms with Crippen LogP contribution in [0.1, 0.15) is 49.6 Å². The molecular formula is C24H24F3NO4. The standard InChI is InChI=1S/C24H24F3NO4/c1-14(2)32-22-8-3-15(9-20(22)24(25,26)27)13-31-19-7-4-16-10-17-5-6-18(11-23(29)30)28(17)21(16)12-19/h3-4,7-10,12,14,18H,5-6,11,13H2,1-2H3,(H,29,30). The van der Waals surface area contributed by atoms with Gasteiger partial charge < -0.3 is 19.1 Å². The molecule has 0 saturated carbocycles. The number of alkyl halides is 3. The van der Waals surface area contributed by atoms with Crippen molar-refractivity contribution < 1.29 is 32.5 Å². The molecule has 1 atom stereocenters. The Hall–Kier alpha value is -3.16. The predicted molar refractivity (Wildman–Crippen MR) is 113 cm³/mol. The first-order chi connectivity index (χ1) is 15.1. The first-order valence-corrected chi connectivity index (χ1v) is 10.5. The minimum atomic E-state index is -4.54. The fourth-order valence-electron chi connectivity index (χ4n) is 4.22. The summed E-state index contributed by atoms with van der Waals surface area (Å²) in [5, 5.41) is 10.2. The van der Waals surface area contributed by atoms with E-state index in [0.717, 1.165) is 35.5 Å². The van der Waals surface area contributed by atoms with Gasteiger partial charge in [-0.15, -0.1) is 0 Å². The van der Waals surface area contributed by atoms with Gasteiger partial charge in [-0.05, 0) is 62.6 Å². The summed E-state index contributed by atoms with van der Waals surface area (Å²) in [7, 11) is 0. The molecule has 3 aromatic rings. The number of carbonyl (C=O) groups is 1. The van der Waals surface area contributed by atoms with E-state index in [1.165, 1.54) is 6.07 Å². The van der Waals surface area contributed by atoms with Crippen LogP contribution in [0.3, 0.4) is 0 Å². The fourth-order valence-corrected chi connectivity index (χ4v) is 4.22. The van der Waals surface area contributed by atoms with Crippen LogP contribution in [0.2, 0.25) is 0 Å². The number of benzene rings is 2. The molecule has 1 aliphatic heterocycles. The topological polar surface area (TPSA) is 60.7 Å². The smallest absolute Gasteiger partial charge is 0.419 e. The quantitative estimate of drug-likeness (QED) is 0.483. The Morgan fingerprint density at radius 2 is 1.97 bits per heavy atom. The molecule has 32 heavy (non-hydrogen) atoms. The number of carboxylic acids is 1. The maximum Gasteiger partial charge on any atom is 0.419 e. The fraction of sp³-hybridized carbons (Fsp3) is 0.375. The van der Waals surface area contributed by atoms with E-state index < -0.39 is 17.7 Å². The van der Waals surface area contributed by atoms with Crippen molar-refractivity contribution in [2.75, 3.05) is 0 Å². The monoisotopic (exact) mass is 447 g/mol. The Kier molecular flexibility index (Phi) is 5.79. The molecule has 8 heteroatoms. The first-order valence-electron chi connectivity index (χ1n) is 10.5. The van der Waals surface area contributed by atoms with Crippen LogP contribution in [-0.4, -0.2) is 21.7 Å². The van der Waals surface area contributed by atoms with Gasteiger partial charge in [0.15, 0.2) is 0 Å². The van der Waals surface area contributed by atoms with Gasteiger partial charge in [-0.3, -0.25) is 4.79 Å². The lowest BCUT2D eigenvalue weighted by Crippen LogP contribution is -2.13. The Balaban J connectivity index is 1.56. The second kappa shape index (κ2) is 8.41. The van der Waals surface area contributed by atoms with Crippen LogP contribution < -0.4 is 9.47 Å². The number of hydrogen-bond donors (Lipinski definition) is 1. The normalized spacial score (nSPS) is 15.9. The van der Waals surface area contributed by atoms with Crippen molar-refractivity contribution in [3.63, 3.8) is 0 Å². The minimum absolute atomic E-state index is 0.0390. The third-order valence-corrected chi connectivity index (χ3v) is 5.52. The molecule has 0 saturated heterocycles. The van der Waals surface area contributed by atoms with Crippen molar-refractivity contribution >= 4 is 16.9 Å². The summed E-state index contributed by atoms with van der Waals surface area (Å²) in [4.78, 5) is 11.2. The molecule has 1 aliphatic rings. The van der Waals surface area contributed by atoms with Gasteiger partial charge in [0.2, 0.25) is 0 Å². The SMILES string of the molecule is CC(C)Oc1ccc(COc2ccc3cc4n(c3c2)C(CC(=O)O)CC4)cc1C(F)(F)F. The number of hydrogen-bond acceptors (Lipinski definition) is 3. The van der Waals surface area contributed by atoms with Gasteiger partial charge in [-0.1, -0.05) is 6.07 Å². The summed E-state index contributed by atoms with van der Waals surface area (Å²) in [6.45, 7) is 3.31. The summed E-state index contributed by atoms with van der Waals surface area (Å²) in [5.74, 6) is -0.538. The molecule has 1 unspecified atom stereocenters. The van der Waals surface area contributed by atoms with Gasteiger partial charge in [0.05, 0.1) is 23.6 Å². The Morgan fingerprint density at radius 1 is 1.19 bits per heavy atom. The van der Waals surface area contributed by atoms with E-state index in [2.05, 4.69) is 0 Å². The number of carboxylic acid groups (broad SMARTS) is 1. The van der Waals surface area contributed by atoms with Crippen LogP contribution in [0.4, 0.5) is 13.2 Å². The molecule has 5 nitrogen and oxygen atoms in total. The summed E-state index contributed by atoms with van der Waals surface area (Å²) in [6.07, 6.45) is -3.28. The zero-order valence-corrected chi connectivity index (χ0v) is 17.8. The molecule has 2 heterocycles. The van der Waals surface area contributed by atoms with Crippen LogP contribution in [0, 0.1) is 0 Å². The largest absolute Gasteiger partial charge is 0.490 e. The van der Waals surface area contributed by atoms with Crippen molar-refractivity contribution in [1.29, 1.82) is 0 Å². The lowest BCUT2D eigenvalue weighted by atomic mass is 10.1. The van der Waals surface area contributed by atoms with Crippen molar-refractivity contribution in [3.8, 4) is 11.5 Å². The van der Waals surface area contributed by atoms with Crippen LogP contribution >= 0.6 is 0 Å². The highest BCUT2D eigenvalue weighted by Gasteiger charge is 2.35. The zero-order chi connectivity index (χ0) is 23.0. The average Bonchev–Trinajstić information content (AvgIpc) is 3.25. The van der Waals surface area contributed by atoms with E-state index in [0.29, 0.717) is 11.3 Å². The molecule has 0 bridgehead atoms. The molecule has 0 amide bonds. The van der Waals surface area contributed by atoms with Crippen molar-refractivity contribution in [2.24, 2.45) is 0 Å². The molecule has 4 rings (SSSR count). The van der Waals surface area contributed by atoms with Gasteiger partial charge in [-0.25, -0.2) is 0 Å². The third-order valence-electron chi connectivity index (χ3n) is 5.52. The van der Waals surface area contributed by atoms with Crippen molar-refractivity contribution in [3.05, 3.63) is 59.3 Å². The average molecular weight is 447 g/mol. The van der Waals surface area contributed by atoms with Gasteiger partial charge in [0.1, 0.15) is 18.1 Å². The van der Waals surface area contributed by atoms with E-state index in [1.54, 1.807) is 26.0 Å². The number of nitrogens with zero attached hydrogens (tertiary/aromatic N) is 1. The molecule has 2 aromatic carbocycles. The highest BCUT2D eigenvalue weighted by molar-refractivity contribution is 5.83. The highest BCUT2D eigenvalue weighted by Crippen LogP contribution is 2.38. The summed E-state index contributed by atoms with van der Waals surface area (Å²) < 4.78 is 53.5. The number of aromatic nitrogens is 1. The van der Waals surface area contributed by atoms with Gasteiger partial charge in [-0.2, -0.15) is 13.2 Å². The number of ether oxygens (including phenoxy) is 2. The number of aryl methyl sites for hydroxylation is 1. The van der Waals surface area contributed by atoms with E-state index in [1.807, 2.05) is 22.8 Å². The number of aliphatic carboxylic acids is 1. The molecule has 0 fully saturated rings. The number of rotatable bonds is 7. The molecular weight excluding hydrogens is 423 g/mol. The first kappa shape index (κ1) is 22.0. The minimum Gasteiger partial charge on any atom is -0.490 e. The van der Waals surface area contributed by atoms with E-state index in [9.17, 15) is 23.1 Å². The predicted octanol–water partition coefficient (Wildman–Crippen LogP) is 5.99. The molecule has 1 N–H and O–H groups in total. The van der Waals surface area contributed by atoms with E-state index in [4.69, 9.17) is 9.47 Å². The van der Waals surface area contributed by atoms with Gasteiger partial charge in [0.25, 0.3) is 0 Å². The number of halogens is 3. The Morgan fingerprint density at radius 3 is 2.66 bits per heavy atom. The van der Waals surface area contributed by atoms with E-state index >= 15 is 0 Å². The maximum absolute atomic E-state index is 13.5.